The van der Waals surface area contributed by atoms with Crippen LogP contribution in [0.15, 0.2) is 23.0 Å². The number of nitrogens with zero attached hydrogens (tertiary/aromatic N) is 1. The summed E-state index contributed by atoms with van der Waals surface area (Å²) in [5, 5.41) is 0. The average molecular weight is 335 g/mol. The molecule has 3 fully saturated rings. The Morgan fingerprint density at radius 3 is 2.79 bits per heavy atom. The molecule has 0 radical (unpaired) electrons. The molecule has 0 unspecified atom stereocenters. The number of likely N-dealkylation sites (tertiary alicyclic amines) is 1. The molecule has 0 amide bonds. The molecule has 1 atom stereocenters. The summed E-state index contributed by atoms with van der Waals surface area (Å²) in [6.07, 6.45) is 9.45. The minimum absolute atomic E-state index is 0.0627. The first-order valence-electron chi connectivity index (χ1n) is 9.38. The fourth-order valence-corrected chi connectivity index (χ4v) is 4.20. The molecule has 3 aliphatic heterocycles. The molecule has 5 nitrogen and oxygen atoms in total. The van der Waals surface area contributed by atoms with E-state index in [1.807, 2.05) is 6.26 Å². The largest absolute Gasteiger partial charge is 0.472 e. The number of rotatable bonds is 5. The van der Waals surface area contributed by atoms with Gasteiger partial charge in [0.1, 0.15) is 0 Å². The number of furan rings is 1. The maximum Gasteiger partial charge on any atom is 0.0947 e. The SMILES string of the molecule is c1cc(CN2CCC3(CC2)C[C@H](OCC2CCOCC2)CO3)co1. The first-order chi connectivity index (χ1) is 11.8. The highest BCUT2D eigenvalue weighted by Crippen LogP contribution is 2.37. The summed E-state index contributed by atoms with van der Waals surface area (Å²) in [5.74, 6) is 0.673. The number of ether oxygens (including phenoxy) is 3. The molecule has 4 heterocycles. The van der Waals surface area contributed by atoms with Crippen LogP contribution in [-0.2, 0) is 20.8 Å². The lowest BCUT2D eigenvalue weighted by Crippen LogP contribution is -2.43. The average Bonchev–Trinajstić information content (AvgIpc) is 3.27. The van der Waals surface area contributed by atoms with Crippen molar-refractivity contribution in [1.29, 1.82) is 0 Å². The summed E-state index contributed by atoms with van der Waals surface area (Å²) < 4.78 is 23.0. The fourth-order valence-electron chi connectivity index (χ4n) is 4.20. The third-order valence-electron chi connectivity index (χ3n) is 5.84. The molecule has 0 N–H and O–H groups in total. The van der Waals surface area contributed by atoms with Gasteiger partial charge in [-0.15, -0.1) is 0 Å². The standard InChI is InChI=1S/C19H29NO4/c1-8-21-9-2-16(1)14-23-18-11-19(24-15-18)4-6-20(7-5-19)12-17-3-10-22-13-17/h3,10,13,16,18H,1-2,4-9,11-12,14-15H2/t18-/m0/s1. The van der Waals surface area contributed by atoms with Gasteiger partial charge in [-0.2, -0.15) is 0 Å². The Morgan fingerprint density at radius 1 is 1.21 bits per heavy atom. The van der Waals surface area contributed by atoms with Crippen LogP contribution < -0.4 is 0 Å². The number of hydrogen-bond acceptors (Lipinski definition) is 5. The Labute approximate surface area is 144 Å². The van der Waals surface area contributed by atoms with Crippen molar-refractivity contribution in [3.63, 3.8) is 0 Å². The maximum absolute atomic E-state index is 6.22. The van der Waals surface area contributed by atoms with E-state index in [4.69, 9.17) is 18.6 Å². The summed E-state index contributed by atoms with van der Waals surface area (Å²) in [4.78, 5) is 2.50. The van der Waals surface area contributed by atoms with Crippen LogP contribution in [0.2, 0.25) is 0 Å². The van der Waals surface area contributed by atoms with E-state index in [1.54, 1.807) is 6.26 Å². The third-order valence-corrected chi connectivity index (χ3v) is 5.84. The lowest BCUT2D eigenvalue weighted by atomic mass is 9.88. The van der Waals surface area contributed by atoms with Crippen LogP contribution >= 0.6 is 0 Å². The molecule has 0 bridgehead atoms. The molecule has 134 valence electrons. The molecule has 0 saturated carbocycles. The Hall–Kier alpha value is -0.880. The van der Waals surface area contributed by atoms with E-state index in [2.05, 4.69) is 11.0 Å². The van der Waals surface area contributed by atoms with Gasteiger partial charge in [0, 0.05) is 44.8 Å². The van der Waals surface area contributed by atoms with E-state index in [1.165, 1.54) is 5.56 Å². The van der Waals surface area contributed by atoms with E-state index < -0.39 is 0 Å². The first-order valence-corrected chi connectivity index (χ1v) is 9.38. The van der Waals surface area contributed by atoms with Crippen molar-refractivity contribution in [3.8, 4) is 0 Å². The second-order valence-corrected chi connectivity index (χ2v) is 7.62. The fraction of sp³-hybridized carbons (Fsp3) is 0.789. The number of piperidine rings is 1. The van der Waals surface area contributed by atoms with Gasteiger partial charge < -0.3 is 18.6 Å². The van der Waals surface area contributed by atoms with Gasteiger partial charge in [-0.25, -0.2) is 0 Å². The zero-order chi connectivity index (χ0) is 16.2. The predicted octanol–water partition coefficient (Wildman–Crippen LogP) is 2.85. The Morgan fingerprint density at radius 2 is 2.04 bits per heavy atom. The molecule has 0 aromatic carbocycles. The van der Waals surface area contributed by atoms with Gasteiger partial charge in [0.15, 0.2) is 0 Å². The smallest absolute Gasteiger partial charge is 0.0947 e. The van der Waals surface area contributed by atoms with Crippen LogP contribution in [0.3, 0.4) is 0 Å². The molecule has 1 aromatic rings. The molecule has 1 spiro atoms. The minimum atomic E-state index is 0.0627. The van der Waals surface area contributed by atoms with Crippen molar-refractivity contribution in [1.82, 2.24) is 4.90 Å². The molecule has 0 aliphatic carbocycles. The van der Waals surface area contributed by atoms with Crippen molar-refractivity contribution in [2.24, 2.45) is 5.92 Å². The zero-order valence-corrected chi connectivity index (χ0v) is 14.5. The van der Waals surface area contributed by atoms with E-state index in [0.29, 0.717) is 5.92 Å². The van der Waals surface area contributed by atoms with Gasteiger partial charge >= 0.3 is 0 Å². The van der Waals surface area contributed by atoms with Gasteiger partial charge in [-0.1, -0.05) is 0 Å². The van der Waals surface area contributed by atoms with Crippen LogP contribution in [0.1, 0.15) is 37.7 Å². The molecule has 24 heavy (non-hydrogen) atoms. The van der Waals surface area contributed by atoms with Gasteiger partial charge in [0.25, 0.3) is 0 Å². The monoisotopic (exact) mass is 335 g/mol. The van der Waals surface area contributed by atoms with Crippen molar-refractivity contribution < 1.29 is 18.6 Å². The third kappa shape index (κ3) is 4.02. The molecular weight excluding hydrogens is 306 g/mol. The summed E-state index contributed by atoms with van der Waals surface area (Å²) in [7, 11) is 0. The summed E-state index contributed by atoms with van der Waals surface area (Å²) in [6, 6.07) is 2.05. The Bertz CT molecular complexity index is 489. The van der Waals surface area contributed by atoms with Crippen LogP contribution in [0, 0.1) is 5.92 Å². The maximum atomic E-state index is 6.22. The van der Waals surface area contributed by atoms with E-state index >= 15 is 0 Å². The van der Waals surface area contributed by atoms with Gasteiger partial charge in [0.2, 0.25) is 0 Å². The first kappa shape index (κ1) is 16.6. The van der Waals surface area contributed by atoms with Gasteiger partial charge in [0.05, 0.1) is 37.4 Å². The van der Waals surface area contributed by atoms with Crippen LogP contribution in [-0.4, -0.2) is 56.1 Å². The van der Waals surface area contributed by atoms with E-state index in [0.717, 1.165) is 78.2 Å². The highest BCUT2D eigenvalue weighted by Gasteiger charge is 2.43. The highest BCUT2D eigenvalue weighted by atomic mass is 16.6. The lowest BCUT2D eigenvalue weighted by Gasteiger charge is -2.38. The van der Waals surface area contributed by atoms with Crippen molar-refractivity contribution in [2.75, 3.05) is 39.5 Å². The van der Waals surface area contributed by atoms with Crippen molar-refractivity contribution in [2.45, 2.75) is 50.4 Å². The molecule has 3 saturated heterocycles. The van der Waals surface area contributed by atoms with Gasteiger partial charge in [-0.3, -0.25) is 4.90 Å². The molecular formula is C19H29NO4. The molecule has 4 rings (SSSR count). The second-order valence-electron chi connectivity index (χ2n) is 7.62. The van der Waals surface area contributed by atoms with Crippen LogP contribution in [0.4, 0.5) is 0 Å². The lowest BCUT2D eigenvalue weighted by molar-refractivity contribution is -0.0479. The van der Waals surface area contributed by atoms with Crippen molar-refractivity contribution >= 4 is 0 Å². The Balaban J connectivity index is 1.20. The normalized spacial score (nSPS) is 28.6. The summed E-state index contributed by atoms with van der Waals surface area (Å²) in [5.41, 5.74) is 1.32. The highest BCUT2D eigenvalue weighted by molar-refractivity contribution is 5.05. The zero-order valence-electron chi connectivity index (χ0n) is 14.5. The second kappa shape index (κ2) is 7.56. The molecule has 3 aliphatic rings. The van der Waals surface area contributed by atoms with E-state index in [9.17, 15) is 0 Å². The van der Waals surface area contributed by atoms with E-state index in [-0.39, 0.29) is 11.7 Å². The summed E-state index contributed by atoms with van der Waals surface area (Å²) >= 11 is 0. The molecule has 5 heteroatoms. The predicted molar refractivity (Wildman–Crippen MR) is 89.8 cm³/mol. The Kier molecular flexibility index (Phi) is 5.22. The topological polar surface area (TPSA) is 44.1 Å². The summed E-state index contributed by atoms with van der Waals surface area (Å²) in [6.45, 7) is 6.61. The van der Waals surface area contributed by atoms with Crippen LogP contribution in [0.25, 0.3) is 0 Å². The quantitative estimate of drug-likeness (QED) is 0.828. The molecule has 1 aromatic heterocycles. The minimum Gasteiger partial charge on any atom is -0.472 e. The van der Waals surface area contributed by atoms with Crippen molar-refractivity contribution in [3.05, 3.63) is 24.2 Å². The van der Waals surface area contributed by atoms with Crippen LogP contribution in [0.5, 0.6) is 0 Å². The number of hydrogen-bond donors (Lipinski definition) is 0. The van der Waals surface area contributed by atoms with Gasteiger partial charge in [-0.05, 0) is 37.7 Å².